The van der Waals surface area contributed by atoms with Gasteiger partial charge in [0.2, 0.25) is 0 Å². The van der Waals surface area contributed by atoms with Crippen molar-refractivity contribution in [2.45, 2.75) is 49.0 Å². The predicted molar refractivity (Wildman–Crippen MR) is 278 cm³/mol. The molecule has 1 unspecified atom stereocenters. The van der Waals surface area contributed by atoms with Crippen LogP contribution in [0, 0.1) is 0 Å². The van der Waals surface area contributed by atoms with Gasteiger partial charge >= 0.3 is 0 Å². The van der Waals surface area contributed by atoms with Crippen molar-refractivity contribution in [3.05, 3.63) is 202 Å². The zero-order valence-electron chi connectivity index (χ0n) is 39.5. The van der Waals surface area contributed by atoms with Gasteiger partial charge in [-0.15, -0.1) is 0 Å². The highest BCUT2D eigenvalue weighted by molar-refractivity contribution is 6.12. The molecule has 2 aliphatic heterocycles. The molecule has 6 nitrogen and oxygen atoms in total. The first-order chi connectivity index (χ1) is 34.0. The molecule has 0 aromatic heterocycles. The van der Waals surface area contributed by atoms with E-state index in [1.165, 1.54) is 86.0 Å². The average Bonchev–Trinajstić information content (AvgIpc) is 3.91. The fourth-order valence-corrected chi connectivity index (χ4v) is 12.9. The molecule has 0 N–H and O–H groups in total. The van der Waals surface area contributed by atoms with Gasteiger partial charge in [-0.3, -0.25) is 0 Å². The first kappa shape index (κ1) is 41.9. The van der Waals surface area contributed by atoms with E-state index in [4.69, 9.17) is 23.7 Å². The third kappa shape index (κ3) is 6.20. The second-order valence-corrected chi connectivity index (χ2v) is 19.3. The third-order valence-electron chi connectivity index (χ3n) is 16.1. The smallest absolute Gasteiger partial charge is 0.178 e. The number of benzene rings is 8. The van der Waals surface area contributed by atoms with Crippen LogP contribution in [0.15, 0.2) is 158 Å². The Balaban J connectivity index is 1.15. The van der Waals surface area contributed by atoms with Crippen LogP contribution >= 0.6 is 0 Å². The fraction of sp³-hybridized carbons (Fsp3) is 0.238. The van der Waals surface area contributed by atoms with Crippen LogP contribution in [-0.2, 0) is 15.8 Å². The lowest BCUT2D eigenvalue weighted by molar-refractivity contribution is 0.122. The van der Waals surface area contributed by atoms with Crippen LogP contribution in [0.25, 0.3) is 50.2 Å². The summed E-state index contributed by atoms with van der Waals surface area (Å²) < 4.78 is 31.4. The van der Waals surface area contributed by atoms with E-state index in [0.717, 1.165) is 89.8 Å². The van der Waals surface area contributed by atoms with E-state index in [2.05, 4.69) is 169 Å². The maximum atomic E-state index is 8.12. The molecule has 3 aliphatic carbocycles. The molecule has 1 saturated heterocycles. The molecule has 2 fully saturated rings. The minimum absolute atomic E-state index is 0.389. The molecule has 1 atom stereocenters. The van der Waals surface area contributed by atoms with Gasteiger partial charge in [0.05, 0.1) is 40.0 Å². The van der Waals surface area contributed by atoms with Gasteiger partial charge in [0.25, 0.3) is 0 Å². The molecule has 1 spiro atoms. The van der Waals surface area contributed by atoms with E-state index >= 15 is 0 Å². The van der Waals surface area contributed by atoms with Gasteiger partial charge in [-0.2, -0.15) is 0 Å². The van der Waals surface area contributed by atoms with Crippen molar-refractivity contribution in [2.24, 2.45) is 0 Å². The summed E-state index contributed by atoms with van der Waals surface area (Å²) >= 11 is 0. The van der Waals surface area contributed by atoms with Gasteiger partial charge in [0.15, 0.2) is 17.1 Å². The number of morpholine rings is 1. The summed E-state index contributed by atoms with van der Waals surface area (Å²) in [4.78, 5) is 2.41. The minimum Gasteiger partial charge on any atom is -0.497 e. The molecule has 0 amide bonds. The second kappa shape index (κ2) is 16.5. The SMILES string of the molecule is COc1ccc(C2(c3ccc(N4CCOCC4)cc3)C=Cc3c4c(c5cc(-c6ccc(OC)c(OC)c6)c(C6CCCCC6)cc5c3O2)-c2ccccc2C42c3ccccc3-c3ccccc32)cc1. The van der Waals surface area contributed by atoms with Gasteiger partial charge < -0.3 is 28.6 Å². The van der Waals surface area contributed by atoms with Crippen LogP contribution in [0.4, 0.5) is 5.69 Å². The van der Waals surface area contributed by atoms with Crippen LogP contribution < -0.4 is 23.8 Å². The van der Waals surface area contributed by atoms with E-state index in [9.17, 15) is 0 Å². The quantitative estimate of drug-likeness (QED) is 0.151. The topological polar surface area (TPSA) is 49.4 Å². The van der Waals surface area contributed by atoms with E-state index < -0.39 is 11.0 Å². The Morgan fingerprint density at radius 2 is 1.19 bits per heavy atom. The molecule has 2 heterocycles. The largest absolute Gasteiger partial charge is 0.497 e. The lowest BCUT2D eigenvalue weighted by Crippen LogP contribution is -2.37. The molecule has 13 rings (SSSR count). The van der Waals surface area contributed by atoms with Crippen molar-refractivity contribution in [1.29, 1.82) is 0 Å². The van der Waals surface area contributed by atoms with Gasteiger partial charge in [-0.25, -0.2) is 0 Å². The number of rotatable bonds is 8. The van der Waals surface area contributed by atoms with E-state index in [1.54, 1.807) is 21.3 Å². The van der Waals surface area contributed by atoms with Crippen LogP contribution in [0.5, 0.6) is 23.0 Å². The normalized spacial score (nSPS) is 18.5. The number of methoxy groups -OCH3 is 3. The van der Waals surface area contributed by atoms with Gasteiger partial charge in [0, 0.05) is 40.9 Å². The van der Waals surface area contributed by atoms with Gasteiger partial charge in [-0.05, 0) is 140 Å². The van der Waals surface area contributed by atoms with Crippen molar-refractivity contribution in [1.82, 2.24) is 0 Å². The second-order valence-electron chi connectivity index (χ2n) is 19.3. The molecule has 1 saturated carbocycles. The number of hydrogen-bond donors (Lipinski definition) is 0. The molecule has 8 aromatic carbocycles. The van der Waals surface area contributed by atoms with E-state index in [-0.39, 0.29) is 0 Å². The highest BCUT2D eigenvalue weighted by atomic mass is 16.5. The lowest BCUT2D eigenvalue weighted by atomic mass is 9.68. The Bertz CT molecular complexity index is 3300. The maximum Gasteiger partial charge on any atom is 0.178 e. The predicted octanol–water partition coefficient (Wildman–Crippen LogP) is 14.1. The van der Waals surface area contributed by atoms with Crippen LogP contribution in [0.3, 0.4) is 0 Å². The molecule has 69 heavy (non-hydrogen) atoms. The summed E-state index contributed by atoms with van der Waals surface area (Å²) in [6.07, 6.45) is 10.7. The van der Waals surface area contributed by atoms with Crippen molar-refractivity contribution in [3.63, 3.8) is 0 Å². The molecule has 6 heteroatoms. The average molecular weight is 906 g/mol. The van der Waals surface area contributed by atoms with Crippen molar-refractivity contribution >= 4 is 22.5 Å². The molecule has 0 bridgehead atoms. The Kier molecular flexibility index (Phi) is 9.99. The van der Waals surface area contributed by atoms with E-state index in [1.807, 2.05) is 0 Å². The summed E-state index contributed by atoms with van der Waals surface area (Å²) in [6, 6.07) is 56.3. The Labute approximate surface area is 404 Å². The number of fused-ring (bicyclic) bond motifs is 15. The monoisotopic (exact) mass is 905 g/mol. The van der Waals surface area contributed by atoms with Crippen molar-refractivity contribution in [3.8, 4) is 56.4 Å². The summed E-state index contributed by atoms with van der Waals surface area (Å²) in [5.74, 6) is 3.54. The van der Waals surface area contributed by atoms with Crippen molar-refractivity contribution < 1.29 is 23.7 Å². The zero-order valence-corrected chi connectivity index (χ0v) is 39.5. The number of hydrogen-bond acceptors (Lipinski definition) is 6. The fourth-order valence-electron chi connectivity index (χ4n) is 12.9. The third-order valence-corrected chi connectivity index (χ3v) is 16.1. The van der Waals surface area contributed by atoms with Gasteiger partial charge in [-0.1, -0.05) is 128 Å². The Morgan fingerprint density at radius 1 is 0.565 bits per heavy atom. The first-order valence-corrected chi connectivity index (χ1v) is 24.7. The lowest BCUT2D eigenvalue weighted by Gasteiger charge is -2.40. The molecule has 8 aromatic rings. The summed E-state index contributed by atoms with van der Waals surface area (Å²) in [5.41, 5.74) is 16.8. The summed E-state index contributed by atoms with van der Waals surface area (Å²) in [7, 11) is 5.16. The number of nitrogens with zero attached hydrogens (tertiary/aromatic N) is 1. The van der Waals surface area contributed by atoms with E-state index in [0.29, 0.717) is 5.92 Å². The summed E-state index contributed by atoms with van der Waals surface area (Å²) in [5, 5.41) is 2.31. The Hall–Kier alpha value is -7.28. The molecular formula is C63H55NO5. The summed E-state index contributed by atoms with van der Waals surface area (Å²) in [6.45, 7) is 3.20. The molecule has 342 valence electrons. The molecular weight excluding hydrogens is 851 g/mol. The highest BCUT2D eigenvalue weighted by Crippen LogP contribution is 2.67. The molecule has 0 radical (unpaired) electrons. The van der Waals surface area contributed by atoms with Crippen molar-refractivity contribution in [2.75, 3.05) is 52.5 Å². The highest BCUT2D eigenvalue weighted by Gasteiger charge is 2.54. The minimum atomic E-state index is -0.971. The van der Waals surface area contributed by atoms with Gasteiger partial charge in [0.1, 0.15) is 11.5 Å². The maximum absolute atomic E-state index is 8.12. The standard InChI is InChI=1S/C63H55NO5/c1-65-45-28-24-43(25-29-45)62(42-22-26-44(27-23-42)64-33-35-68-36-34-64)32-31-49-60-59(48-17-9-12-20-56(48)63(60)54-18-10-7-15-46(54)47-16-8-11-19-55(47)63)52-38-51(41-21-30-57(66-2)58(37-41)67-3)50(39-53(52)61(49)69-62)40-13-5-4-6-14-40/h7-12,15-32,37-40H,4-6,13-14,33-36H2,1-3H3. The first-order valence-electron chi connectivity index (χ1n) is 24.7. The van der Waals surface area contributed by atoms with Crippen LogP contribution in [0.1, 0.15) is 82.5 Å². The zero-order chi connectivity index (χ0) is 46.3. The number of anilines is 1. The number of ether oxygens (including phenoxy) is 5. The molecule has 5 aliphatic rings. The van der Waals surface area contributed by atoms with Crippen LogP contribution in [0.2, 0.25) is 0 Å². The van der Waals surface area contributed by atoms with Crippen LogP contribution in [-0.4, -0.2) is 47.6 Å². The Morgan fingerprint density at radius 3 is 1.84 bits per heavy atom.